The molecule has 0 nitrogen and oxygen atoms in total. The molecule has 0 saturated carbocycles. The van der Waals surface area contributed by atoms with Gasteiger partial charge in [-0.3, -0.25) is 0 Å². The van der Waals surface area contributed by atoms with E-state index in [0.29, 0.717) is 24.0 Å². The summed E-state index contributed by atoms with van der Waals surface area (Å²) in [6.45, 7) is 3.57. The van der Waals surface area contributed by atoms with Gasteiger partial charge in [-0.25, -0.2) is 13.2 Å². The summed E-state index contributed by atoms with van der Waals surface area (Å²) >= 11 is 0. The van der Waals surface area contributed by atoms with Crippen molar-refractivity contribution < 1.29 is 13.2 Å². The van der Waals surface area contributed by atoms with E-state index < -0.39 is 11.6 Å². The first kappa shape index (κ1) is 14.9. The molecule has 0 bridgehead atoms. The molecule has 0 N–H and O–H groups in total. The molecule has 0 aliphatic carbocycles. The Morgan fingerprint density at radius 2 is 1.57 bits per heavy atom. The third kappa shape index (κ3) is 4.00. The first-order valence-corrected chi connectivity index (χ1v) is 6.46. The highest BCUT2D eigenvalue weighted by Crippen LogP contribution is 2.16. The summed E-state index contributed by atoms with van der Waals surface area (Å²) in [5.41, 5.74) is 0.782. The van der Waals surface area contributed by atoms with Gasteiger partial charge in [0.25, 0.3) is 0 Å². The Morgan fingerprint density at radius 3 is 2.14 bits per heavy atom. The Morgan fingerprint density at radius 1 is 0.952 bits per heavy atom. The Hall–Kier alpha value is -2.47. The van der Waals surface area contributed by atoms with Crippen LogP contribution in [0.4, 0.5) is 13.2 Å². The van der Waals surface area contributed by atoms with Crippen molar-refractivity contribution in [3.05, 3.63) is 83.2 Å². The van der Waals surface area contributed by atoms with Gasteiger partial charge in [0.15, 0.2) is 0 Å². The summed E-state index contributed by atoms with van der Waals surface area (Å²) in [5.74, 6) is 3.31. The second-order valence-corrected chi connectivity index (χ2v) is 4.52. The number of halogens is 3. The zero-order chi connectivity index (χ0) is 15.2. The van der Waals surface area contributed by atoms with Crippen molar-refractivity contribution >= 4 is 0 Å². The largest absolute Gasteiger partial charge is 0.207 e. The lowest BCUT2D eigenvalue weighted by molar-refractivity contribution is 0.574. The van der Waals surface area contributed by atoms with E-state index in [2.05, 4.69) is 18.4 Å². The van der Waals surface area contributed by atoms with Crippen molar-refractivity contribution in [1.29, 1.82) is 0 Å². The van der Waals surface area contributed by atoms with E-state index in [4.69, 9.17) is 0 Å². The predicted molar refractivity (Wildman–Crippen MR) is 77.3 cm³/mol. The zero-order valence-corrected chi connectivity index (χ0v) is 11.3. The summed E-state index contributed by atoms with van der Waals surface area (Å²) in [7, 11) is 0. The molecule has 21 heavy (non-hydrogen) atoms. The van der Waals surface area contributed by atoms with E-state index in [1.54, 1.807) is 6.08 Å². The first-order valence-electron chi connectivity index (χ1n) is 6.46. The number of aryl methyl sites for hydroxylation is 1. The fraction of sp³-hybridized carbons (Fsp3) is 0.111. The molecule has 0 aliphatic heterocycles. The highest BCUT2D eigenvalue weighted by molar-refractivity contribution is 5.45. The van der Waals surface area contributed by atoms with E-state index in [9.17, 15) is 13.2 Å². The second-order valence-electron chi connectivity index (χ2n) is 4.52. The average Bonchev–Trinajstić information content (AvgIpc) is 2.46. The van der Waals surface area contributed by atoms with Gasteiger partial charge in [-0.05, 0) is 54.8 Å². The van der Waals surface area contributed by atoms with Gasteiger partial charge in [-0.2, -0.15) is 0 Å². The molecule has 0 fully saturated rings. The maximum Gasteiger partial charge on any atom is 0.142 e. The van der Waals surface area contributed by atoms with Crippen molar-refractivity contribution in [1.82, 2.24) is 0 Å². The lowest BCUT2D eigenvalue weighted by Gasteiger charge is -2.02. The highest BCUT2D eigenvalue weighted by atomic mass is 19.1. The van der Waals surface area contributed by atoms with Gasteiger partial charge in [0.2, 0.25) is 0 Å². The molecule has 106 valence electrons. The number of allylic oxidation sites excluding steroid dienone is 1. The molecule has 0 aromatic heterocycles. The van der Waals surface area contributed by atoms with Crippen LogP contribution in [0.15, 0.2) is 49.1 Å². The van der Waals surface area contributed by atoms with Crippen LogP contribution in [0.1, 0.15) is 23.1 Å². The smallest absolute Gasteiger partial charge is 0.142 e. The lowest BCUT2D eigenvalue weighted by Crippen LogP contribution is -1.95. The minimum absolute atomic E-state index is 0.276. The molecule has 0 radical (unpaired) electrons. The maximum atomic E-state index is 13.9. The Labute approximate surface area is 121 Å². The highest BCUT2D eigenvalue weighted by Gasteiger charge is 2.08. The SMILES string of the molecule is C=CCCc1cc(F)c(C#Cc2ccc(F)cc2)c(F)c1. The molecule has 0 spiro atoms. The van der Waals surface area contributed by atoms with E-state index in [0.717, 1.165) is 0 Å². The van der Waals surface area contributed by atoms with Crippen LogP contribution >= 0.6 is 0 Å². The van der Waals surface area contributed by atoms with E-state index >= 15 is 0 Å². The maximum absolute atomic E-state index is 13.9. The van der Waals surface area contributed by atoms with Crippen molar-refractivity contribution in [3.63, 3.8) is 0 Å². The molecule has 0 aliphatic rings. The number of benzene rings is 2. The van der Waals surface area contributed by atoms with Gasteiger partial charge < -0.3 is 0 Å². The number of hydrogen-bond donors (Lipinski definition) is 0. The molecule has 0 heterocycles. The molecular formula is C18H13F3. The van der Waals surface area contributed by atoms with Crippen LogP contribution in [0.2, 0.25) is 0 Å². The summed E-state index contributed by atoms with van der Waals surface area (Å²) in [5, 5.41) is 0. The first-order chi connectivity index (χ1) is 10.1. The Balaban J connectivity index is 2.28. The van der Waals surface area contributed by atoms with Gasteiger partial charge in [0, 0.05) is 5.56 Å². The summed E-state index contributed by atoms with van der Waals surface area (Å²) in [6, 6.07) is 7.96. The van der Waals surface area contributed by atoms with Crippen LogP contribution in [-0.2, 0) is 6.42 Å². The fourth-order valence-corrected chi connectivity index (χ4v) is 1.83. The average molecular weight is 286 g/mol. The summed E-state index contributed by atoms with van der Waals surface area (Å²) in [6.07, 6.45) is 2.88. The van der Waals surface area contributed by atoms with E-state index in [1.807, 2.05) is 0 Å². The van der Waals surface area contributed by atoms with Crippen molar-refractivity contribution in [3.8, 4) is 11.8 Å². The van der Waals surface area contributed by atoms with Crippen LogP contribution in [0, 0.1) is 29.3 Å². The molecule has 0 unspecified atom stereocenters. The molecular weight excluding hydrogens is 273 g/mol. The zero-order valence-electron chi connectivity index (χ0n) is 11.3. The molecule has 3 heteroatoms. The molecule has 2 aromatic rings. The van der Waals surface area contributed by atoms with Crippen LogP contribution in [0.3, 0.4) is 0 Å². The minimum atomic E-state index is -0.691. The van der Waals surface area contributed by atoms with Gasteiger partial charge >= 0.3 is 0 Å². The summed E-state index contributed by atoms with van der Waals surface area (Å²) in [4.78, 5) is 0. The fourth-order valence-electron chi connectivity index (χ4n) is 1.83. The van der Waals surface area contributed by atoms with E-state index in [-0.39, 0.29) is 11.4 Å². The molecule has 2 rings (SSSR count). The topological polar surface area (TPSA) is 0 Å². The predicted octanol–water partition coefficient (Wildman–Crippen LogP) is 4.62. The van der Waals surface area contributed by atoms with Crippen LogP contribution in [0.5, 0.6) is 0 Å². The van der Waals surface area contributed by atoms with Crippen LogP contribution in [0.25, 0.3) is 0 Å². The Kier molecular flexibility index (Phi) is 4.84. The Bertz CT molecular complexity index is 680. The van der Waals surface area contributed by atoms with Crippen molar-refractivity contribution in [2.24, 2.45) is 0 Å². The second kappa shape index (κ2) is 6.81. The molecule has 0 atom stereocenters. The quantitative estimate of drug-likeness (QED) is 0.570. The lowest BCUT2D eigenvalue weighted by atomic mass is 10.1. The summed E-state index contributed by atoms with van der Waals surface area (Å²) < 4.78 is 40.5. The van der Waals surface area contributed by atoms with E-state index in [1.165, 1.54) is 36.4 Å². The molecule has 0 amide bonds. The van der Waals surface area contributed by atoms with Crippen molar-refractivity contribution in [2.75, 3.05) is 0 Å². The minimum Gasteiger partial charge on any atom is -0.207 e. The standard InChI is InChI=1S/C18H13F3/c1-2-3-4-14-11-17(20)16(18(21)12-14)10-7-13-5-8-15(19)9-6-13/h2,5-6,8-9,11-12H,1,3-4H2. The number of hydrogen-bond acceptors (Lipinski definition) is 0. The van der Waals surface area contributed by atoms with Crippen LogP contribution in [-0.4, -0.2) is 0 Å². The van der Waals surface area contributed by atoms with Gasteiger partial charge in [0.05, 0.1) is 5.56 Å². The molecule has 0 saturated heterocycles. The van der Waals surface area contributed by atoms with Gasteiger partial charge in [-0.15, -0.1) is 6.58 Å². The normalized spacial score (nSPS) is 9.86. The monoisotopic (exact) mass is 286 g/mol. The third-order valence-electron chi connectivity index (χ3n) is 2.92. The third-order valence-corrected chi connectivity index (χ3v) is 2.92. The molecule has 2 aromatic carbocycles. The number of rotatable bonds is 3. The van der Waals surface area contributed by atoms with Crippen LogP contribution < -0.4 is 0 Å². The van der Waals surface area contributed by atoms with Crippen molar-refractivity contribution in [2.45, 2.75) is 12.8 Å². The van der Waals surface area contributed by atoms with Gasteiger partial charge in [-0.1, -0.05) is 17.9 Å². The van der Waals surface area contributed by atoms with Gasteiger partial charge in [0.1, 0.15) is 17.5 Å².